The Hall–Kier alpha value is -2.99. The van der Waals surface area contributed by atoms with Crippen LogP contribution >= 0.6 is 0 Å². The minimum Gasteiger partial charge on any atom is -0.480 e. The lowest BCUT2D eigenvalue weighted by atomic mass is 9.72. The average Bonchev–Trinajstić information content (AvgIpc) is 3.39. The zero-order valence-electron chi connectivity index (χ0n) is 23.0. The molecule has 3 fully saturated rings. The highest BCUT2D eigenvalue weighted by atomic mass is 16.4. The van der Waals surface area contributed by atoms with Crippen LogP contribution in [-0.2, 0) is 27.2 Å². The number of fused-ring (bicyclic) bond motifs is 1. The number of imide groups is 1. The molecule has 6 heteroatoms. The molecule has 1 saturated carbocycles. The van der Waals surface area contributed by atoms with Crippen molar-refractivity contribution in [1.29, 1.82) is 0 Å². The second-order valence-corrected chi connectivity index (χ2v) is 11.6. The van der Waals surface area contributed by atoms with Crippen molar-refractivity contribution in [2.45, 2.75) is 90.6 Å². The Morgan fingerprint density at radius 1 is 1.00 bits per heavy atom. The van der Waals surface area contributed by atoms with Crippen LogP contribution < -0.4 is 10.2 Å². The van der Waals surface area contributed by atoms with Gasteiger partial charge < -0.3 is 5.11 Å². The van der Waals surface area contributed by atoms with Gasteiger partial charge >= 0.3 is 5.97 Å². The van der Waals surface area contributed by atoms with Gasteiger partial charge in [-0.25, -0.2) is 4.90 Å². The van der Waals surface area contributed by atoms with E-state index in [2.05, 4.69) is 5.32 Å². The number of carboxylic acid groups (broad SMARTS) is 1. The highest BCUT2D eigenvalue weighted by Crippen LogP contribution is 2.53. The lowest BCUT2D eigenvalue weighted by Gasteiger charge is -2.36. The number of anilines is 1. The molecule has 6 nitrogen and oxygen atoms in total. The average molecular weight is 517 g/mol. The summed E-state index contributed by atoms with van der Waals surface area (Å²) in [6.07, 6.45) is 6.99. The number of rotatable bonds is 7. The molecule has 4 unspecified atom stereocenters. The fraction of sp³-hybridized carbons (Fsp3) is 0.531. The van der Waals surface area contributed by atoms with Gasteiger partial charge in [0.1, 0.15) is 5.54 Å². The Kier molecular flexibility index (Phi) is 7.21. The first kappa shape index (κ1) is 26.6. The Labute approximate surface area is 225 Å². The van der Waals surface area contributed by atoms with Crippen molar-refractivity contribution < 1.29 is 19.5 Å². The smallest absolute Gasteiger partial charge is 0.324 e. The summed E-state index contributed by atoms with van der Waals surface area (Å²) in [4.78, 5) is 43.4. The first-order valence-corrected chi connectivity index (χ1v) is 14.3. The van der Waals surface area contributed by atoms with Gasteiger partial charge in [-0.1, -0.05) is 87.9 Å². The Balaban J connectivity index is 1.68. The van der Waals surface area contributed by atoms with Gasteiger partial charge in [0, 0.05) is 6.04 Å². The van der Waals surface area contributed by atoms with Gasteiger partial charge in [0.25, 0.3) is 0 Å². The molecule has 2 heterocycles. The number of carboxylic acids is 1. The number of carbonyl (C=O) groups is 3. The van der Waals surface area contributed by atoms with Crippen molar-refractivity contribution in [3.8, 4) is 0 Å². The van der Waals surface area contributed by atoms with E-state index in [0.717, 1.165) is 53.5 Å². The maximum absolute atomic E-state index is 14.4. The molecule has 0 spiro atoms. The summed E-state index contributed by atoms with van der Waals surface area (Å²) in [5, 5.41) is 14.3. The zero-order chi connectivity index (χ0) is 27.2. The Morgan fingerprint density at radius 2 is 1.66 bits per heavy atom. The molecule has 2 aromatic carbocycles. The van der Waals surface area contributed by atoms with E-state index < -0.39 is 29.4 Å². The number of aliphatic carboxylic acids is 1. The van der Waals surface area contributed by atoms with Crippen LogP contribution in [0.4, 0.5) is 5.69 Å². The van der Waals surface area contributed by atoms with Gasteiger partial charge in [-0.2, -0.15) is 0 Å². The number of aryl methyl sites for hydroxylation is 4. The standard InChI is InChI=1S/C32H40N2O4/c1-5-22-13-10-14-23(6-2)28(22)34-29(35)25-26(30(34)36)32(31(37)38,18-21-11-8-7-9-12-21)33-27(25)24-17-19(3)15-16-20(24)4/h10,13-17,21,25-27,33H,5-9,11-12,18H2,1-4H3,(H,37,38). The summed E-state index contributed by atoms with van der Waals surface area (Å²) in [6.45, 7) is 8.04. The maximum atomic E-state index is 14.4. The third-order valence-corrected chi connectivity index (χ3v) is 9.33. The summed E-state index contributed by atoms with van der Waals surface area (Å²) in [5.41, 5.74) is 4.01. The quantitative estimate of drug-likeness (QED) is 0.463. The van der Waals surface area contributed by atoms with Crippen LogP contribution in [0.3, 0.4) is 0 Å². The minimum atomic E-state index is -1.48. The van der Waals surface area contributed by atoms with Gasteiger partial charge in [-0.15, -0.1) is 0 Å². The largest absolute Gasteiger partial charge is 0.480 e. The van der Waals surface area contributed by atoms with Gasteiger partial charge in [-0.05, 0) is 61.3 Å². The van der Waals surface area contributed by atoms with Crippen LogP contribution in [0.15, 0.2) is 36.4 Å². The van der Waals surface area contributed by atoms with Crippen molar-refractivity contribution in [3.63, 3.8) is 0 Å². The van der Waals surface area contributed by atoms with Crippen molar-refractivity contribution in [1.82, 2.24) is 5.32 Å². The topological polar surface area (TPSA) is 86.7 Å². The fourth-order valence-corrected chi connectivity index (χ4v) is 7.41. The second kappa shape index (κ2) is 10.3. The molecule has 5 rings (SSSR count). The predicted octanol–water partition coefficient (Wildman–Crippen LogP) is 5.67. The summed E-state index contributed by atoms with van der Waals surface area (Å²) in [6, 6.07) is 11.4. The number of para-hydroxylation sites is 1. The number of hydrogen-bond donors (Lipinski definition) is 2. The highest BCUT2D eigenvalue weighted by Gasteiger charge is 2.69. The molecule has 2 aliphatic heterocycles. The number of amides is 2. The monoisotopic (exact) mass is 516 g/mol. The van der Waals surface area contributed by atoms with E-state index >= 15 is 0 Å². The molecule has 2 aromatic rings. The molecule has 1 aliphatic carbocycles. The molecule has 0 bridgehead atoms. The number of nitrogens with zero attached hydrogens (tertiary/aromatic N) is 1. The lowest BCUT2D eigenvalue weighted by Crippen LogP contribution is -2.57. The molecular formula is C32H40N2O4. The molecule has 0 aromatic heterocycles. The van der Waals surface area contributed by atoms with E-state index in [1.54, 1.807) is 0 Å². The van der Waals surface area contributed by atoms with Crippen molar-refractivity contribution in [3.05, 3.63) is 64.2 Å². The number of hydrogen-bond acceptors (Lipinski definition) is 4. The second-order valence-electron chi connectivity index (χ2n) is 11.6. The molecule has 2 N–H and O–H groups in total. The van der Waals surface area contributed by atoms with Gasteiger partial charge in [0.2, 0.25) is 11.8 Å². The maximum Gasteiger partial charge on any atom is 0.324 e. The third kappa shape index (κ3) is 4.17. The first-order valence-electron chi connectivity index (χ1n) is 14.3. The summed E-state index contributed by atoms with van der Waals surface area (Å²) >= 11 is 0. The van der Waals surface area contributed by atoms with Crippen LogP contribution in [0, 0.1) is 31.6 Å². The number of benzene rings is 2. The lowest BCUT2D eigenvalue weighted by molar-refractivity contribution is -0.150. The third-order valence-electron chi connectivity index (χ3n) is 9.33. The van der Waals surface area contributed by atoms with Crippen LogP contribution in [0.5, 0.6) is 0 Å². The molecule has 202 valence electrons. The Bertz CT molecular complexity index is 1240. The highest BCUT2D eigenvalue weighted by molar-refractivity contribution is 6.25. The van der Waals surface area contributed by atoms with Crippen molar-refractivity contribution in [2.24, 2.45) is 17.8 Å². The van der Waals surface area contributed by atoms with E-state index in [-0.39, 0.29) is 17.7 Å². The van der Waals surface area contributed by atoms with E-state index in [4.69, 9.17) is 0 Å². The number of carbonyl (C=O) groups excluding carboxylic acids is 2. The van der Waals surface area contributed by atoms with Gasteiger partial charge in [0.05, 0.1) is 17.5 Å². The molecule has 2 amide bonds. The predicted molar refractivity (Wildman–Crippen MR) is 148 cm³/mol. The van der Waals surface area contributed by atoms with Crippen LogP contribution in [0.25, 0.3) is 0 Å². The minimum absolute atomic E-state index is 0.219. The molecule has 3 aliphatic rings. The molecule has 38 heavy (non-hydrogen) atoms. The van der Waals surface area contributed by atoms with Crippen molar-refractivity contribution >= 4 is 23.5 Å². The summed E-state index contributed by atoms with van der Waals surface area (Å²) in [7, 11) is 0. The van der Waals surface area contributed by atoms with Crippen molar-refractivity contribution in [2.75, 3.05) is 4.90 Å². The van der Waals surface area contributed by atoms with Crippen LogP contribution in [0.1, 0.15) is 86.2 Å². The van der Waals surface area contributed by atoms with Gasteiger partial charge in [0.15, 0.2) is 0 Å². The summed E-state index contributed by atoms with van der Waals surface area (Å²) < 4.78 is 0. The van der Waals surface area contributed by atoms with E-state index in [1.165, 1.54) is 11.3 Å². The molecule has 0 radical (unpaired) electrons. The summed E-state index contributed by atoms with van der Waals surface area (Å²) in [5.74, 6) is -3.16. The van der Waals surface area contributed by atoms with Gasteiger partial charge in [-0.3, -0.25) is 19.7 Å². The SMILES string of the molecule is CCc1cccc(CC)c1N1C(=O)C2C(c3cc(C)ccc3C)NC(CC3CCCCC3)(C(=O)O)C2C1=O. The molecule has 2 saturated heterocycles. The normalized spacial score (nSPS) is 27.7. The zero-order valence-corrected chi connectivity index (χ0v) is 23.0. The van der Waals surface area contributed by atoms with E-state index in [9.17, 15) is 19.5 Å². The van der Waals surface area contributed by atoms with Crippen LogP contribution in [-0.4, -0.2) is 28.4 Å². The fourth-order valence-electron chi connectivity index (χ4n) is 7.41. The van der Waals surface area contributed by atoms with Crippen LogP contribution in [0.2, 0.25) is 0 Å². The first-order chi connectivity index (χ1) is 18.2. The Morgan fingerprint density at radius 3 is 2.26 bits per heavy atom. The molecular weight excluding hydrogens is 476 g/mol. The van der Waals surface area contributed by atoms with E-state index in [1.807, 2.05) is 64.1 Å². The number of nitrogens with one attached hydrogen (secondary N) is 1. The molecule has 4 atom stereocenters. The van der Waals surface area contributed by atoms with E-state index in [0.29, 0.717) is 24.9 Å².